The van der Waals surface area contributed by atoms with Gasteiger partial charge < -0.3 is 15.0 Å². The average molecular weight is 242 g/mol. The summed E-state index contributed by atoms with van der Waals surface area (Å²) in [6, 6.07) is 1.31. The van der Waals surface area contributed by atoms with E-state index in [0.717, 1.165) is 19.0 Å². The molecule has 1 rings (SSSR count). The zero-order valence-corrected chi connectivity index (χ0v) is 12.3. The van der Waals surface area contributed by atoms with Gasteiger partial charge in [-0.3, -0.25) is 0 Å². The van der Waals surface area contributed by atoms with Crippen molar-refractivity contribution in [2.45, 2.75) is 64.1 Å². The molecule has 0 aromatic carbocycles. The highest BCUT2D eigenvalue weighted by molar-refractivity contribution is 4.82. The van der Waals surface area contributed by atoms with Crippen LogP contribution in [-0.4, -0.2) is 49.8 Å². The molecule has 0 bridgehead atoms. The molecule has 0 spiro atoms. The predicted molar refractivity (Wildman–Crippen MR) is 73.4 cm³/mol. The number of hydrogen-bond donors (Lipinski definition) is 1. The Kier molecular flexibility index (Phi) is 5.90. The Hall–Kier alpha value is -0.120. The third kappa shape index (κ3) is 4.94. The molecular formula is C14H30N2O. The molecule has 1 fully saturated rings. The second-order valence-electron chi connectivity index (χ2n) is 6.02. The van der Waals surface area contributed by atoms with E-state index in [1.165, 1.54) is 25.8 Å². The van der Waals surface area contributed by atoms with Crippen LogP contribution in [0.25, 0.3) is 0 Å². The Morgan fingerprint density at radius 2 is 2.06 bits per heavy atom. The van der Waals surface area contributed by atoms with Crippen molar-refractivity contribution in [3.05, 3.63) is 0 Å². The molecule has 2 unspecified atom stereocenters. The van der Waals surface area contributed by atoms with E-state index in [2.05, 4.69) is 38.0 Å². The van der Waals surface area contributed by atoms with Gasteiger partial charge in [-0.15, -0.1) is 0 Å². The van der Waals surface area contributed by atoms with Crippen molar-refractivity contribution in [1.82, 2.24) is 10.2 Å². The standard InChI is InChI=1S/C14H30N2O/c1-12(11-14(2,3)17-5)16(4)13-7-6-9-15-10-8-13/h12-13,15H,6-11H2,1-5H3. The molecule has 17 heavy (non-hydrogen) atoms. The summed E-state index contributed by atoms with van der Waals surface area (Å²) in [6.45, 7) is 9.01. The van der Waals surface area contributed by atoms with Gasteiger partial charge in [-0.2, -0.15) is 0 Å². The first kappa shape index (κ1) is 14.9. The van der Waals surface area contributed by atoms with Crippen LogP contribution in [0.2, 0.25) is 0 Å². The summed E-state index contributed by atoms with van der Waals surface area (Å²) < 4.78 is 5.53. The molecule has 1 aliphatic rings. The van der Waals surface area contributed by atoms with Crippen LogP contribution in [-0.2, 0) is 4.74 Å². The molecule has 1 N–H and O–H groups in total. The van der Waals surface area contributed by atoms with Crippen LogP contribution in [0.4, 0.5) is 0 Å². The topological polar surface area (TPSA) is 24.5 Å². The molecule has 2 atom stereocenters. The number of nitrogens with one attached hydrogen (secondary N) is 1. The monoisotopic (exact) mass is 242 g/mol. The lowest BCUT2D eigenvalue weighted by Crippen LogP contribution is -2.43. The SMILES string of the molecule is COC(C)(C)CC(C)N(C)C1CCCNCC1. The van der Waals surface area contributed by atoms with Gasteiger partial charge in [0, 0.05) is 19.2 Å². The Morgan fingerprint density at radius 3 is 2.71 bits per heavy atom. The van der Waals surface area contributed by atoms with Crippen molar-refractivity contribution in [3.63, 3.8) is 0 Å². The van der Waals surface area contributed by atoms with Crippen molar-refractivity contribution in [2.75, 3.05) is 27.2 Å². The minimum absolute atomic E-state index is 0.0172. The summed E-state index contributed by atoms with van der Waals surface area (Å²) in [7, 11) is 4.08. The van der Waals surface area contributed by atoms with Gasteiger partial charge in [0.25, 0.3) is 0 Å². The largest absolute Gasteiger partial charge is 0.379 e. The third-order valence-corrected chi connectivity index (χ3v) is 4.16. The first-order valence-electron chi connectivity index (χ1n) is 6.94. The van der Waals surface area contributed by atoms with E-state index >= 15 is 0 Å². The number of ether oxygens (including phenoxy) is 1. The molecule has 0 saturated carbocycles. The Balaban J connectivity index is 2.46. The Labute approximate surface area is 107 Å². The highest BCUT2D eigenvalue weighted by Crippen LogP contribution is 2.22. The van der Waals surface area contributed by atoms with E-state index in [1.54, 1.807) is 0 Å². The summed E-state index contributed by atoms with van der Waals surface area (Å²) in [4.78, 5) is 2.55. The van der Waals surface area contributed by atoms with E-state index in [9.17, 15) is 0 Å². The zero-order valence-electron chi connectivity index (χ0n) is 12.3. The molecule has 1 heterocycles. The fraction of sp³-hybridized carbons (Fsp3) is 1.00. The lowest BCUT2D eigenvalue weighted by Gasteiger charge is -2.36. The number of rotatable bonds is 5. The number of nitrogens with zero attached hydrogens (tertiary/aromatic N) is 1. The molecule has 0 aromatic rings. The van der Waals surface area contributed by atoms with E-state index in [0.29, 0.717) is 6.04 Å². The first-order chi connectivity index (χ1) is 7.96. The van der Waals surface area contributed by atoms with E-state index in [1.807, 2.05) is 7.11 Å². The molecule has 0 aromatic heterocycles. The van der Waals surface area contributed by atoms with Gasteiger partial charge in [-0.05, 0) is 66.6 Å². The van der Waals surface area contributed by atoms with Crippen molar-refractivity contribution < 1.29 is 4.74 Å². The molecule has 0 amide bonds. The van der Waals surface area contributed by atoms with Crippen molar-refractivity contribution >= 4 is 0 Å². The molecule has 0 aliphatic carbocycles. The van der Waals surface area contributed by atoms with Crippen LogP contribution in [0, 0.1) is 0 Å². The van der Waals surface area contributed by atoms with Gasteiger partial charge in [0.1, 0.15) is 0 Å². The lowest BCUT2D eigenvalue weighted by atomic mass is 9.97. The second kappa shape index (κ2) is 6.72. The van der Waals surface area contributed by atoms with E-state index in [4.69, 9.17) is 4.74 Å². The molecule has 0 radical (unpaired) electrons. The minimum Gasteiger partial charge on any atom is -0.379 e. The number of hydrogen-bond acceptors (Lipinski definition) is 3. The molecular weight excluding hydrogens is 212 g/mol. The van der Waals surface area contributed by atoms with Crippen molar-refractivity contribution in [3.8, 4) is 0 Å². The molecule has 3 heteroatoms. The highest BCUT2D eigenvalue weighted by atomic mass is 16.5. The van der Waals surface area contributed by atoms with Crippen LogP contribution in [0.1, 0.15) is 46.5 Å². The van der Waals surface area contributed by atoms with Crippen LogP contribution in [0.3, 0.4) is 0 Å². The smallest absolute Gasteiger partial charge is 0.0637 e. The Bertz CT molecular complexity index is 210. The summed E-state index contributed by atoms with van der Waals surface area (Å²) in [5.41, 5.74) is -0.0172. The maximum Gasteiger partial charge on any atom is 0.0637 e. The van der Waals surface area contributed by atoms with Crippen LogP contribution in [0.15, 0.2) is 0 Å². The second-order valence-corrected chi connectivity index (χ2v) is 6.02. The summed E-state index contributed by atoms with van der Waals surface area (Å²) >= 11 is 0. The number of methoxy groups -OCH3 is 1. The van der Waals surface area contributed by atoms with Crippen LogP contribution in [0.5, 0.6) is 0 Å². The minimum atomic E-state index is -0.0172. The maximum atomic E-state index is 5.53. The molecule has 3 nitrogen and oxygen atoms in total. The Morgan fingerprint density at radius 1 is 1.35 bits per heavy atom. The average Bonchev–Trinajstić information content (AvgIpc) is 2.56. The van der Waals surface area contributed by atoms with Gasteiger partial charge in [0.15, 0.2) is 0 Å². The molecule has 1 saturated heterocycles. The van der Waals surface area contributed by atoms with Crippen LogP contribution >= 0.6 is 0 Å². The first-order valence-corrected chi connectivity index (χ1v) is 6.94. The van der Waals surface area contributed by atoms with Crippen LogP contribution < -0.4 is 5.32 Å². The quantitative estimate of drug-likeness (QED) is 0.800. The summed E-state index contributed by atoms with van der Waals surface area (Å²) in [6.07, 6.45) is 4.98. The van der Waals surface area contributed by atoms with Crippen molar-refractivity contribution in [2.24, 2.45) is 0 Å². The maximum absolute atomic E-state index is 5.53. The van der Waals surface area contributed by atoms with Gasteiger partial charge >= 0.3 is 0 Å². The normalized spacial score (nSPS) is 24.7. The fourth-order valence-corrected chi connectivity index (χ4v) is 2.71. The fourth-order valence-electron chi connectivity index (χ4n) is 2.71. The van der Waals surface area contributed by atoms with Gasteiger partial charge in [-0.1, -0.05) is 0 Å². The van der Waals surface area contributed by atoms with E-state index < -0.39 is 0 Å². The summed E-state index contributed by atoms with van der Waals surface area (Å²) in [5, 5.41) is 3.48. The summed E-state index contributed by atoms with van der Waals surface area (Å²) in [5.74, 6) is 0. The third-order valence-electron chi connectivity index (χ3n) is 4.16. The highest BCUT2D eigenvalue weighted by Gasteiger charge is 2.26. The van der Waals surface area contributed by atoms with Gasteiger partial charge in [0.05, 0.1) is 5.60 Å². The van der Waals surface area contributed by atoms with Gasteiger partial charge in [-0.25, -0.2) is 0 Å². The zero-order chi connectivity index (χ0) is 12.9. The van der Waals surface area contributed by atoms with Crippen molar-refractivity contribution in [1.29, 1.82) is 0 Å². The van der Waals surface area contributed by atoms with E-state index in [-0.39, 0.29) is 5.60 Å². The predicted octanol–water partition coefficient (Wildman–Crippen LogP) is 2.26. The molecule has 1 aliphatic heterocycles. The molecule has 102 valence electrons. The lowest BCUT2D eigenvalue weighted by molar-refractivity contribution is -0.00870. The van der Waals surface area contributed by atoms with Gasteiger partial charge in [0.2, 0.25) is 0 Å².